The van der Waals surface area contributed by atoms with Crippen LogP contribution in [0.1, 0.15) is 29.5 Å². The Morgan fingerprint density at radius 1 is 1.26 bits per heavy atom. The van der Waals surface area contributed by atoms with Crippen molar-refractivity contribution in [3.05, 3.63) is 21.9 Å². The fraction of sp³-hybridized carbons (Fsp3) is 0.706. The third kappa shape index (κ3) is 3.26. The van der Waals surface area contributed by atoms with Crippen molar-refractivity contribution in [3.63, 3.8) is 0 Å². The second kappa shape index (κ2) is 7.27. The first-order valence-corrected chi connectivity index (χ1v) is 9.28. The van der Waals surface area contributed by atoms with Gasteiger partial charge in [-0.25, -0.2) is 0 Å². The zero-order valence-electron chi connectivity index (χ0n) is 13.8. The number of likely N-dealkylation sites (tertiary alicyclic amines) is 1. The molecule has 0 saturated carbocycles. The molecule has 3 aliphatic rings. The van der Waals surface area contributed by atoms with E-state index >= 15 is 0 Å². The maximum Gasteiger partial charge on any atom is 0.193 e. The van der Waals surface area contributed by atoms with Crippen molar-refractivity contribution >= 4 is 41.3 Å². The molecule has 3 saturated heterocycles. The highest BCUT2D eigenvalue weighted by atomic mass is 127. The number of nitrogens with one attached hydrogen (secondary N) is 1. The van der Waals surface area contributed by atoms with Crippen LogP contribution in [-0.2, 0) is 17.7 Å². The SMILES string of the molecule is CCc1ccc(CNC(=NC)N2CC3C4CCC(O4)C3C2)s1.I. The number of aliphatic imine (C=N–C) groups is 1. The highest BCUT2D eigenvalue weighted by molar-refractivity contribution is 14.0. The van der Waals surface area contributed by atoms with Crippen molar-refractivity contribution < 1.29 is 4.74 Å². The molecule has 0 aliphatic carbocycles. The molecule has 3 aliphatic heterocycles. The molecular formula is C17H26IN3OS. The average molecular weight is 447 g/mol. The number of hydrogen-bond acceptors (Lipinski definition) is 3. The summed E-state index contributed by atoms with van der Waals surface area (Å²) in [6, 6.07) is 4.47. The lowest BCUT2D eigenvalue weighted by molar-refractivity contribution is 0.0767. The Morgan fingerprint density at radius 2 is 1.91 bits per heavy atom. The lowest BCUT2D eigenvalue weighted by Gasteiger charge is -2.23. The molecule has 1 aromatic heterocycles. The minimum absolute atomic E-state index is 0. The molecule has 0 aromatic carbocycles. The van der Waals surface area contributed by atoms with Gasteiger partial charge in [0.15, 0.2) is 5.96 Å². The third-order valence-corrected chi connectivity index (χ3v) is 6.68. The Labute approximate surface area is 159 Å². The number of hydrogen-bond donors (Lipinski definition) is 1. The smallest absolute Gasteiger partial charge is 0.193 e. The monoisotopic (exact) mass is 447 g/mol. The van der Waals surface area contributed by atoms with E-state index in [0.717, 1.165) is 43.9 Å². The highest BCUT2D eigenvalue weighted by Gasteiger charge is 2.53. The van der Waals surface area contributed by atoms with Gasteiger partial charge in [-0.15, -0.1) is 35.3 Å². The number of fused-ring (bicyclic) bond motifs is 5. The van der Waals surface area contributed by atoms with Gasteiger partial charge in [-0.05, 0) is 31.4 Å². The molecule has 1 aromatic rings. The lowest BCUT2D eigenvalue weighted by Crippen LogP contribution is -2.40. The van der Waals surface area contributed by atoms with Gasteiger partial charge in [-0.3, -0.25) is 4.99 Å². The molecule has 4 atom stereocenters. The number of rotatable bonds is 3. The zero-order valence-corrected chi connectivity index (χ0v) is 17.0. The van der Waals surface area contributed by atoms with E-state index in [0.29, 0.717) is 12.2 Å². The van der Waals surface area contributed by atoms with Gasteiger partial charge in [0, 0.05) is 41.7 Å². The molecule has 4 heterocycles. The Morgan fingerprint density at radius 3 is 2.48 bits per heavy atom. The molecule has 6 heteroatoms. The van der Waals surface area contributed by atoms with E-state index in [1.54, 1.807) is 0 Å². The van der Waals surface area contributed by atoms with Crippen LogP contribution >= 0.6 is 35.3 Å². The number of guanidine groups is 1. The molecular weight excluding hydrogens is 421 g/mol. The van der Waals surface area contributed by atoms with E-state index in [1.165, 1.54) is 22.6 Å². The standard InChI is InChI=1S/C17H25N3OS.HI/c1-3-11-4-5-12(22-11)8-19-17(18-2)20-9-13-14(10-20)16-7-6-15(13)21-16;/h4-5,13-16H,3,6-10H2,1-2H3,(H,18,19);1H. The Balaban J connectivity index is 0.00000156. The molecule has 0 radical (unpaired) electrons. The second-order valence-corrected chi connectivity index (χ2v) is 7.90. The van der Waals surface area contributed by atoms with Crippen molar-refractivity contribution in [1.82, 2.24) is 10.2 Å². The predicted molar refractivity (Wildman–Crippen MR) is 106 cm³/mol. The van der Waals surface area contributed by atoms with Crippen LogP contribution in [0.3, 0.4) is 0 Å². The lowest BCUT2D eigenvalue weighted by atomic mass is 9.82. The van der Waals surface area contributed by atoms with Crippen LogP contribution in [0.15, 0.2) is 17.1 Å². The van der Waals surface area contributed by atoms with Crippen molar-refractivity contribution in [2.75, 3.05) is 20.1 Å². The Kier molecular flexibility index (Phi) is 5.53. The van der Waals surface area contributed by atoms with Crippen LogP contribution in [0.2, 0.25) is 0 Å². The molecule has 3 fully saturated rings. The largest absolute Gasteiger partial charge is 0.374 e. The number of aryl methyl sites for hydroxylation is 1. The highest BCUT2D eigenvalue weighted by Crippen LogP contribution is 2.47. The topological polar surface area (TPSA) is 36.9 Å². The van der Waals surface area contributed by atoms with Crippen LogP contribution in [0, 0.1) is 11.8 Å². The molecule has 23 heavy (non-hydrogen) atoms. The first kappa shape index (κ1) is 17.5. The van der Waals surface area contributed by atoms with Gasteiger partial charge < -0.3 is 15.0 Å². The summed E-state index contributed by atoms with van der Waals surface area (Å²) in [6.45, 7) is 5.31. The first-order valence-electron chi connectivity index (χ1n) is 8.47. The normalized spacial score (nSPS) is 32.1. The summed E-state index contributed by atoms with van der Waals surface area (Å²) >= 11 is 1.90. The molecule has 2 bridgehead atoms. The average Bonchev–Trinajstić information content (AvgIpc) is 3.29. The van der Waals surface area contributed by atoms with Crippen molar-refractivity contribution in [2.24, 2.45) is 16.8 Å². The fourth-order valence-corrected chi connectivity index (χ4v) is 5.24. The summed E-state index contributed by atoms with van der Waals surface area (Å²) in [7, 11) is 1.90. The minimum atomic E-state index is 0. The summed E-state index contributed by atoms with van der Waals surface area (Å²) in [4.78, 5) is 9.79. The minimum Gasteiger partial charge on any atom is -0.374 e. The van der Waals surface area contributed by atoms with Gasteiger partial charge in [0.25, 0.3) is 0 Å². The maximum absolute atomic E-state index is 6.06. The van der Waals surface area contributed by atoms with Gasteiger partial charge in [0.05, 0.1) is 18.8 Å². The molecule has 0 spiro atoms. The number of ether oxygens (including phenoxy) is 1. The van der Waals surface area contributed by atoms with Crippen LogP contribution in [0.5, 0.6) is 0 Å². The van der Waals surface area contributed by atoms with Crippen LogP contribution in [0.4, 0.5) is 0 Å². The number of nitrogens with zero attached hydrogens (tertiary/aromatic N) is 2. The Bertz CT molecular complexity index is 558. The van der Waals surface area contributed by atoms with Crippen LogP contribution in [0.25, 0.3) is 0 Å². The van der Waals surface area contributed by atoms with Crippen molar-refractivity contribution in [1.29, 1.82) is 0 Å². The van der Waals surface area contributed by atoms with Gasteiger partial charge in [-0.2, -0.15) is 0 Å². The van der Waals surface area contributed by atoms with Crippen molar-refractivity contribution in [2.45, 2.75) is 44.9 Å². The molecule has 128 valence electrons. The molecule has 0 amide bonds. The van der Waals surface area contributed by atoms with E-state index in [1.807, 2.05) is 18.4 Å². The summed E-state index contributed by atoms with van der Waals surface area (Å²) in [5, 5.41) is 3.55. The Hall–Kier alpha value is -0.340. The fourth-order valence-electron chi connectivity index (χ4n) is 4.34. The maximum atomic E-state index is 6.06. The van der Waals surface area contributed by atoms with Gasteiger partial charge in [-0.1, -0.05) is 6.92 Å². The number of halogens is 1. The van der Waals surface area contributed by atoms with E-state index in [2.05, 4.69) is 34.3 Å². The summed E-state index contributed by atoms with van der Waals surface area (Å²) in [6.07, 6.45) is 4.68. The predicted octanol–water partition coefficient (Wildman–Crippen LogP) is 3.11. The second-order valence-electron chi connectivity index (χ2n) is 6.65. The van der Waals surface area contributed by atoms with E-state index in [-0.39, 0.29) is 24.0 Å². The third-order valence-electron chi connectivity index (χ3n) is 5.45. The summed E-state index contributed by atoms with van der Waals surface area (Å²) in [5.41, 5.74) is 0. The van der Waals surface area contributed by atoms with E-state index in [9.17, 15) is 0 Å². The van der Waals surface area contributed by atoms with E-state index < -0.39 is 0 Å². The van der Waals surface area contributed by atoms with E-state index in [4.69, 9.17) is 4.74 Å². The van der Waals surface area contributed by atoms with Gasteiger partial charge in [0.1, 0.15) is 0 Å². The molecule has 4 unspecified atom stereocenters. The summed E-state index contributed by atoms with van der Waals surface area (Å²) < 4.78 is 6.06. The molecule has 4 nitrogen and oxygen atoms in total. The van der Waals surface area contributed by atoms with Gasteiger partial charge in [0.2, 0.25) is 0 Å². The van der Waals surface area contributed by atoms with Gasteiger partial charge >= 0.3 is 0 Å². The van der Waals surface area contributed by atoms with Crippen LogP contribution < -0.4 is 5.32 Å². The molecule has 4 rings (SSSR count). The van der Waals surface area contributed by atoms with Crippen molar-refractivity contribution in [3.8, 4) is 0 Å². The quantitative estimate of drug-likeness (QED) is 0.440. The first-order chi connectivity index (χ1) is 10.8. The number of thiophene rings is 1. The molecule has 1 N–H and O–H groups in total. The zero-order chi connectivity index (χ0) is 15.1. The van der Waals surface area contributed by atoms with Crippen LogP contribution in [-0.4, -0.2) is 43.2 Å². The summed E-state index contributed by atoms with van der Waals surface area (Å²) in [5.74, 6) is 2.51.